The summed E-state index contributed by atoms with van der Waals surface area (Å²) in [4.78, 5) is 30.1. The standard InChI is InChI=1S/C23H23F4N3O3/c1-2-30-19-6-4-15(12-16(19)20(31)21(32)22(30)33)29-9-7-28(8-10-29)13-14-3-5-17(18(24)11-14)23(25,26)27/h3-6,11-12,21,32H,2,7-10,13H2,1H3. The van der Waals surface area contributed by atoms with Crippen molar-refractivity contribution in [3.8, 4) is 0 Å². The molecule has 33 heavy (non-hydrogen) atoms. The fourth-order valence-corrected chi connectivity index (χ4v) is 4.31. The molecule has 1 amide bonds. The van der Waals surface area contributed by atoms with Crippen LogP contribution in [0.4, 0.5) is 28.9 Å². The number of halogens is 4. The van der Waals surface area contributed by atoms with E-state index in [1.807, 2.05) is 11.0 Å². The fraction of sp³-hybridized carbons (Fsp3) is 0.391. The van der Waals surface area contributed by atoms with Crippen LogP contribution in [0, 0.1) is 5.82 Å². The van der Waals surface area contributed by atoms with Crippen LogP contribution in [0.2, 0.25) is 0 Å². The molecular weight excluding hydrogens is 442 g/mol. The van der Waals surface area contributed by atoms with E-state index in [2.05, 4.69) is 4.90 Å². The van der Waals surface area contributed by atoms with Gasteiger partial charge in [-0.05, 0) is 42.8 Å². The van der Waals surface area contributed by atoms with Gasteiger partial charge < -0.3 is 14.9 Å². The maximum Gasteiger partial charge on any atom is 0.419 e. The molecule has 1 unspecified atom stereocenters. The first-order valence-corrected chi connectivity index (χ1v) is 10.6. The van der Waals surface area contributed by atoms with E-state index in [0.717, 1.165) is 17.8 Å². The average Bonchev–Trinajstić information content (AvgIpc) is 2.77. The minimum absolute atomic E-state index is 0.295. The number of benzene rings is 2. The van der Waals surface area contributed by atoms with Crippen LogP contribution in [0.3, 0.4) is 0 Å². The predicted molar refractivity (Wildman–Crippen MR) is 114 cm³/mol. The number of likely N-dealkylation sites (N-methyl/N-ethyl adjacent to an activating group) is 1. The Morgan fingerprint density at radius 1 is 1.03 bits per heavy atom. The Kier molecular flexibility index (Phi) is 6.15. The van der Waals surface area contributed by atoms with Crippen LogP contribution in [-0.2, 0) is 17.5 Å². The lowest BCUT2D eigenvalue weighted by molar-refractivity contribution is -0.140. The Morgan fingerprint density at radius 2 is 1.73 bits per heavy atom. The van der Waals surface area contributed by atoms with Crippen molar-refractivity contribution in [2.24, 2.45) is 0 Å². The van der Waals surface area contributed by atoms with Crippen molar-refractivity contribution >= 4 is 23.1 Å². The molecule has 1 saturated heterocycles. The van der Waals surface area contributed by atoms with Gasteiger partial charge in [-0.15, -0.1) is 0 Å². The van der Waals surface area contributed by atoms with E-state index in [1.165, 1.54) is 11.0 Å². The van der Waals surface area contributed by atoms with Gasteiger partial charge >= 0.3 is 6.18 Å². The van der Waals surface area contributed by atoms with Gasteiger partial charge in [0.15, 0.2) is 6.10 Å². The van der Waals surface area contributed by atoms with Gasteiger partial charge in [0.05, 0.1) is 11.3 Å². The van der Waals surface area contributed by atoms with E-state index in [1.54, 1.807) is 19.1 Å². The van der Waals surface area contributed by atoms with Gasteiger partial charge in [-0.3, -0.25) is 14.5 Å². The number of anilines is 2. The second-order valence-electron chi connectivity index (χ2n) is 8.13. The Balaban J connectivity index is 1.43. The first kappa shape index (κ1) is 23.2. The van der Waals surface area contributed by atoms with Gasteiger partial charge in [-0.25, -0.2) is 4.39 Å². The van der Waals surface area contributed by atoms with Crippen molar-refractivity contribution in [3.05, 3.63) is 58.9 Å². The summed E-state index contributed by atoms with van der Waals surface area (Å²) in [6, 6.07) is 8.18. The van der Waals surface area contributed by atoms with Crippen molar-refractivity contribution in [1.29, 1.82) is 0 Å². The number of aliphatic hydroxyl groups excluding tert-OH is 1. The summed E-state index contributed by atoms with van der Waals surface area (Å²) in [6.07, 6.45) is -6.42. The second kappa shape index (κ2) is 8.75. The van der Waals surface area contributed by atoms with Crippen molar-refractivity contribution in [1.82, 2.24) is 4.90 Å². The number of aliphatic hydroxyl groups is 1. The van der Waals surface area contributed by atoms with E-state index >= 15 is 0 Å². The largest absolute Gasteiger partial charge is 0.419 e. The van der Waals surface area contributed by atoms with Crippen LogP contribution in [0.25, 0.3) is 0 Å². The van der Waals surface area contributed by atoms with E-state index < -0.39 is 35.4 Å². The average molecular weight is 465 g/mol. The van der Waals surface area contributed by atoms with Gasteiger partial charge in [0.1, 0.15) is 5.82 Å². The number of piperazine rings is 1. The summed E-state index contributed by atoms with van der Waals surface area (Å²) in [5.41, 5.74) is 0.742. The summed E-state index contributed by atoms with van der Waals surface area (Å²) in [5.74, 6) is -2.53. The quantitative estimate of drug-likeness (QED) is 0.556. The minimum Gasteiger partial charge on any atom is -0.376 e. The molecular formula is C23H23F4N3O3. The summed E-state index contributed by atoms with van der Waals surface area (Å²) >= 11 is 0. The molecule has 4 rings (SSSR count). The zero-order valence-electron chi connectivity index (χ0n) is 17.9. The first-order chi connectivity index (χ1) is 15.6. The molecule has 2 aliphatic heterocycles. The van der Waals surface area contributed by atoms with Crippen LogP contribution in [-0.4, -0.2) is 60.5 Å². The van der Waals surface area contributed by atoms with E-state index in [0.29, 0.717) is 56.1 Å². The highest BCUT2D eigenvalue weighted by Gasteiger charge is 2.38. The summed E-state index contributed by atoms with van der Waals surface area (Å²) < 4.78 is 52.1. The van der Waals surface area contributed by atoms with Crippen LogP contribution >= 0.6 is 0 Å². The number of ketones is 1. The first-order valence-electron chi connectivity index (χ1n) is 10.6. The third kappa shape index (κ3) is 4.45. The molecule has 176 valence electrons. The number of fused-ring (bicyclic) bond motifs is 1. The number of nitrogens with zero attached hydrogens (tertiary/aromatic N) is 3. The highest BCUT2D eigenvalue weighted by atomic mass is 19.4. The topological polar surface area (TPSA) is 64.1 Å². The molecule has 0 saturated carbocycles. The number of hydrogen-bond donors (Lipinski definition) is 1. The fourth-order valence-electron chi connectivity index (χ4n) is 4.31. The molecule has 0 aromatic heterocycles. The number of carbonyl (C=O) groups is 2. The van der Waals surface area contributed by atoms with Gasteiger partial charge in [-0.1, -0.05) is 6.07 Å². The summed E-state index contributed by atoms with van der Waals surface area (Å²) in [5, 5.41) is 10.0. The molecule has 2 heterocycles. The third-order valence-electron chi connectivity index (χ3n) is 6.08. The number of carbonyl (C=O) groups excluding carboxylic acids is 2. The van der Waals surface area contributed by atoms with E-state index in [9.17, 15) is 32.3 Å². The van der Waals surface area contributed by atoms with E-state index in [-0.39, 0.29) is 0 Å². The third-order valence-corrected chi connectivity index (χ3v) is 6.08. The minimum atomic E-state index is -4.72. The number of alkyl halides is 3. The molecule has 1 N–H and O–H groups in total. The Bertz CT molecular complexity index is 1080. The summed E-state index contributed by atoms with van der Waals surface area (Å²) in [6.45, 7) is 4.79. The number of hydrogen-bond acceptors (Lipinski definition) is 5. The van der Waals surface area contributed by atoms with Gasteiger partial charge in [0.2, 0.25) is 5.78 Å². The molecule has 0 aliphatic carbocycles. The molecule has 2 aromatic carbocycles. The zero-order chi connectivity index (χ0) is 23.9. The number of rotatable bonds is 4. The van der Waals surface area contributed by atoms with Crippen LogP contribution in [0.5, 0.6) is 0 Å². The number of amides is 1. The van der Waals surface area contributed by atoms with Crippen molar-refractivity contribution < 1.29 is 32.3 Å². The molecule has 2 aliphatic rings. The maximum atomic E-state index is 13.8. The molecule has 0 spiro atoms. The van der Waals surface area contributed by atoms with Gasteiger partial charge in [0.25, 0.3) is 5.91 Å². The number of Topliss-reactive ketones (excluding diaryl/α,β-unsaturated/α-hetero) is 1. The van der Waals surface area contributed by atoms with Gasteiger partial charge in [-0.2, -0.15) is 13.2 Å². The SMILES string of the molecule is CCN1C(=O)C(O)C(=O)c2cc(N3CCN(Cc4ccc(C(F)(F)F)c(F)c4)CC3)ccc21. The lowest BCUT2D eigenvalue weighted by Crippen LogP contribution is -2.48. The molecule has 6 nitrogen and oxygen atoms in total. The monoisotopic (exact) mass is 465 g/mol. The van der Waals surface area contributed by atoms with Crippen LogP contribution < -0.4 is 9.80 Å². The molecule has 1 atom stereocenters. The van der Waals surface area contributed by atoms with Crippen molar-refractivity contribution in [2.45, 2.75) is 25.7 Å². The van der Waals surface area contributed by atoms with Crippen LogP contribution in [0.15, 0.2) is 36.4 Å². The lowest BCUT2D eigenvalue weighted by Gasteiger charge is -2.37. The van der Waals surface area contributed by atoms with Gasteiger partial charge in [0, 0.05) is 50.5 Å². The Morgan fingerprint density at radius 3 is 2.33 bits per heavy atom. The van der Waals surface area contributed by atoms with Crippen LogP contribution in [0.1, 0.15) is 28.4 Å². The van der Waals surface area contributed by atoms with Crippen molar-refractivity contribution in [3.63, 3.8) is 0 Å². The smallest absolute Gasteiger partial charge is 0.376 e. The Labute approximate surface area is 188 Å². The zero-order valence-corrected chi connectivity index (χ0v) is 17.9. The normalized spacial score (nSPS) is 19.8. The molecule has 10 heteroatoms. The highest BCUT2D eigenvalue weighted by Crippen LogP contribution is 2.33. The predicted octanol–water partition coefficient (Wildman–Crippen LogP) is 3.08. The molecule has 0 bridgehead atoms. The molecule has 1 fully saturated rings. The second-order valence-corrected chi connectivity index (χ2v) is 8.13. The lowest BCUT2D eigenvalue weighted by atomic mass is 9.96. The van der Waals surface area contributed by atoms with E-state index in [4.69, 9.17) is 0 Å². The maximum absolute atomic E-state index is 13.8. The Hall–Kier alpha value is -2.98. The molecule has 2 aromatic rings. The van der Waals surface area contributed by atoms with Crippen molar-refractivity contribution in [2.75, 3.05) is 42.5 Å². The molecule has 0 radical (unpaired) electrons. The summed E-state index contributed by atoms with van der Waals surface area (Å²) in [7, 11) is 0. The highest BCUT2D eigenvalue weighted by molar-refractivity contribution is 6.23.